The van der Waals surface area contributed by atoms with Crippen molar-refractivity contribution in [2.45, 2.75) is 32.7 Å². The first-order chi connectivity index (χ1) is 12.9. The summed E-state index contributed by atoms with van der Waals surface area (Å²) in [6, 6.07) is 7.60. The monoisotopic (exact) mass is 390 g/mol. The molecule has 1 aliphatic rings. The summed E-state index contributed by atoms with van der Waals surface area (Å²) in [4.78, 5) is 28.4. The van der Waals surface area contributed by atoms with Gasteiger partial charge in [-0.3, -0.25) is 9.59 Å². The van der Waals surface area contributed by atoms with Crippen molar-refractivity contribution in [3.8, 4) is 0 Å². The summed E-state index contributed by atoms with van der Waals surface area (Å²) in [5.74, 6) is 0.775. The van der Waals surface area contributed by atoms with Crippen molar-refractivity contribution in [1.82, 2.24) is 20.0 Å². The van der Waals surface area contributed by atoms with E-state index >= 15 is 0 Å². The average Bonchev–Trinajstić information content (AvgIpc) is 3.06. The van der Waals surface area contributed by atoms with Crippen LogP contribution in [-0.4, -0.2) is 51.9 Å². The van der Waals surface area contributed by atoms with E-state index in [-0.39, 0.29) is 24.3 Å². The van der Waals surface area contributed by atoms with Gasteiger partial charge in [0.1, 0.15) is 0 Å². The first-order valence-electron chi connectivity index (χ1n) is 8.98. The fourth-order valence-electron chi connectivity index (χ4n) is 3.24. The van der Waals surface area contributed by atoms with Crippen LogP contribution in [0, 0.1) is 12.8 Å². The van der Waals surface area contributed by atoms with Gasteiger partial charge in [-0.05, 0) is 30.5 Å². The molecular formula is C19H23ClN4O3. The number of nitrogens with zero attached hydrogens (tertiary/aromatic N) is 4. The second-order valence-electron chi connectivity index (χ2n) is 6.86. The van der Waals surface area contributed by atoms with Crippen molar-refractivity contribution in [2.24, 2.45) is 5.92 Å². The Morgan fingerprint density at radius 1 is 1.33 bits per heavy atom. The number of benzene rings is 1. The molecule has 0 saturated carbocycles. The van der Waals surface area contributed by atoms with Crippen molar-refractivity contribution in [3.63, 3.8) is 0 Å². The van der Waals surface area contributed by atoms with E-state index in [1.54, 1.807) is 23.8 Å². The lowest BCUT2D eigenvalue weighted by Gasteiger charge is -2.33. The molecule has 0 radical (unpaired) electrons. The molecule has 7 nitrogen and oxygen atoms in total. The lowest BCUT2D eigenvalue weighted by Crippen LogP contribution is -2.46. The van der Waals surface area contributed by atoms with Crippen LogP contribution in [0.3, 0.4) is 0 Å². The second-order valence-corrected chi connectivity index (χ2v) is 7.30. The molecule has 2 aromatic rings. The van der Waals surface area contributed by atoms with Gasteiger partial charge < -0.3 is 14.2 Å². The molecule has 27 heavy (non-hydrogen) atoms. The first kappa shape index (κ1) is 19.4. The molecule has 8 heteroatoms. The van der Waals surface area contributed by atoms with Crippen LogP contribution in [0.4, 0.5) is 0 Å². The Kier molecular flexibility index (Phi) is 6.11. The van der Waals surface area contributed by atoms with E-state index in [0.717, 1.165) is 12.0 Å². The summed E-state index contributed by atoms with van der Waals surface area (Å²) in [6.07, 6.45) is 1.70. The summed E-state index contributed by atoms with van der Waals surface area (Å²) >= 11 is 5.90. The third-order valence-electron chi connectivity index (χ3n) is 4.75. The molecule has 144 valence electrons. The second kappa shape index (κ2) is 8.52. The number of hydrogen-bond donors (Lipinski definition) is 0. The average molecular weight is 391 g/mol. The fourth-order valence-corrected chi connectivity index (χ4v) is 3.37. The van der Waals surface area contributed by atoms with Crippen molar-refractivity contribution in [1.29, 1.82) is 0 Å². The molecule has 1 aromatic carbocycles. The van der Waals surface area contributed by atoms with E-state index in [1.165, 1.54) is 0 Å². The Balaban J connectivity index is 1.55. The topological polar surface area (TPSA) is 79.5 Å². The molecule has 0 N–H and O–H groups in total. The van der Waals surface area contributed by atoms with Crippen molar-refractivity contribution in [3.05, 3.63) is 46.6 Å². The zero-order chi connectivity index (χ0) is 19.4. The molecule has 0 aliphatic carbocycles. The Hall–Kier alpha value is -2.41. The number of halogens is 1. The van der Waals surface area contributed by atoms with Gasteiger partial charge in [0.25, 0.3) is 0 Å². The van der Waals surface area contributed by atoms with Crippen LogP contribution in [0.15, 0.2) is 28.7 Å². The number of rotatable bonds is 6. The van der Waals surface area contributed by atoms with Crippen LogP contribution < -0.4 is 0 Å². The molecule has 0 spiro atoms. The Bertz CT molecular complexity index is 806. The van der Waals surface area contributed by atoms with Gasteiger partial charge in [0.2, 0.25) is 23.6 Å². The number of carbonyl (C=O) groups excluding carboxylic acids is 2. The zero-order valence-corrected chi connectivity index (χ0v) is 16.3. The smallest absolute Gasteiger partial charge is 0.235 e. The highest BCUT2D eigenvalue weighted by Gasteiger charge is 2.32. The van der Waals surface area contributed by atoms with Crippen molar-refractivity contribution in [2.75, 3.05) is 20.1 Å². The quantitative estimate of drug-likeness (QED) is 0.757. The zero-order valence-electron chi connectivity index (χ0n) is 15.5. The number of likely N-dealkylation sites (tertiary alicyclic amines) is 1. The van der Waals surface area contributed by atoms with Gasteiger partial charge in [-0.2, -0.15) is 0 Å². The highest BCUT2D eigenvalue weighted by molar-refractivity contribution is 6.30. The predicted molar refractivity (Wildman–Crippen MR) is 100.0 cm³/mol. The van der Waals surface area contributed by atoms with Gasteiger partial charge in [-0.25, -0.2) is 0 Å². The molecular weight excluding hydrogens is 368 g/mol. The maximum Gasteiger partial charge on any atom is 0.235 e. The molecule has 1 aromatic heterocycles. The molecule has 1 fully saturated rings. The number of piperidine rings is 1. The highest BCUT2D eigenvalue weighted by atomic mass is 35.5. The van der Waals surface area contributed by atoms with Gasteiger partial charge in [0, 0.05) is 38.5 Å². The van der Waals surface area contributed by atoms with Crippen LogP contribution in [0.2, 0.25) is 5.02 Å². The number of aryl methyl sites for hydroxylation is 1. The van der Waals surface area contributed by atoms with E-state index in [1.807, 2.05) is 24.3 Å². The van der Waals surface area contributed by atoms with Gasteiger partial charge in [0.05, 0.1) is 12.5 Å². The minimum absolute atomic E-state index is 0.00477. The van der Waals surface area contributed by atoms with Crippen LogP contribution in [-0.2, 0) is 22.6 Å². The molecule has 2 heterocycles. The van der Waals surface area contributed by atoms with E-state index < -0.39 is 0 Å². The first-order valence-corrected chi connectivity index (χ1v) is 9.36. The van der Waals surface area contributed by atoms with E-state index in [4.69, 9.17) is 16.0 Å². The third kappa shape index (κ3) is 5.07. The molecule has 0 unspecified atom stereocenters. The lowest BCUT2D eigenvalue weighted by molar-refractivity contribution is -0.142. The number of hydrogen-bond acceptors (Lipinski definition) is 5. The molecule has 3 rings (SSSR count). The van der Waals surface area contributed by atoms with Crippen LogP contribution in [0.25, 0.3) is 0 Å². The molecule has 0 bridgehead atoms. The number of carbonyl (C=O) groups is 2. The van der Waals surface area contributed by atoms with Crippen molar-refractivity contribution < 1.29 is 14.0 Å². The lowest BCUT2D eigenvalue weighted by atomic mass is 9.95. The SMILES string of the molecule is Cc1nnc(CN(C)C(=O)[C@H]2CCC(=O)N(CCc3ccc(Cl)cc3)C2)o1. The van der Waals surface area contributed by atoms with Gasteiger partial charge >= 0.3 is 0 Å². The van der Waals surface area contributed by atoms with Gasteiger partial charge in [-0.15, -0.1) is 10.2 Å². The van der Waals surface area contributed by atoms with E-state index in [9.17, 15) is 9.59 Å². The van der Waals surface area contributed by atoms with Crippen LogP contribution in [0.1, 0.15) is 30.2 Å². The molecule has 2 amide bonds. The summed E-state index contributed by atoms with van der Waals surface area (Å²) < 4.78 is 5.34. The standard InChI is InChI=1S/C19H23ClN4O3/c1-13-21-22-17(27-13)12-23(2)19(26)15-5-8-18(25)24(11-15)10-9-14-3-6-16(20)7-4-14/h3-4,6-7,15H,5,8-12H2,1-2H3/t15-/m0/s1. The minimum atomic E-state index is -0.207. The third-order valence-corrected chi connectivity index (χ3v) is 5.00. The van der Waals surface area contributed by atoms with Crippen LogP contribution >= 0.6 is 11.6 Å². The van der Waals surface area contributed by atoms with Gasteiger partial charge in [-0.1, -0.05) is 23.7 Å². The van der Waals surface area contributed by atoms with Gasteiger partial charge in [0.15, 0.2) is 0 Å². The Morgan fingerprint density at radius 3 is 2.74 bits per heavy atom. The van der Waals surface area contributed by atoms with E-state index in [2.05, 4.69) is 10.2 Å². The number of amides is 2. The summed E-state index contributed by atoms with van der Waals surface area (Å²) in [6.45, 7) is 3.02. The molecule has 1 atom stereocenters. The number of aromatic nitrogens is 2. The maximum absolute atomic E-state index is 12.8. The largest absolute Gasteiger partial charge is 0.424 e. The maximum atomic E-state index is 12.8. The highest BCUT2D eigenvalue weighted by Crippen LogP contribution is 2.21. The van der Waals surface area contributed by atoms with Crippen LogP contribution in [0.5, 0.6) is 0 Å². The predicted octanol–water partition coefficient (Wildman–Crippen LogP) is 2.47. The normalized spacial score (nSPS) is 17.2. The Morgan fingerprint density at radius 2 is 2.07 bits per heavy atom. The molecule has 1 aliphatic heterocycles. The fraction of sp³-hybridized carbons (Fsp3) is 0.474. The summed E-state index contributed by atoms with van der Waals surface area (Å²) in [5, 5.41) is 8.39. The Labute approximate surface area is 163 Å². The summed E-state index contributed by atoms with van der Waals surface area (Å²) in [7, 11) is 1.72. The van der Waals surface area contributed by atoms with Crippen molar-refractivity contribution >= 4 is 23.4 Å². The minimum Gasteiger partial charge on any atom is -0.424 e. The molecule has 1 saturated heterocycles. The summed E-state index contributed by atoms with van der Waals surface area (Å²) in [5.41, 5.74) is 1.12. The van der Waals surface area contributed by atoms with E-state index in [0.29, 0.717) is 42.7 Å².